The van der Waals surface area contributed by atoms with Gasteiger partial charge in [0.25, 0.3) is 0 Å². The first-order chi connectivity index (χ1) is 11.8. The number of rotatable bonds is 6. The van der Waals surface area contributed by atoms with Gasteiger partial charge in [-0.25, -0.2) is 0 Å². The number of methoxy groups -OCH3 is 1. The van der Waals surface area contributed by atoms with Gasteiger partial charge in [0.05, 0.1) is 13.2 Å². The van der Waals surface area contributed by atoms with Crippen LogP contribution < -0.4 is 10.1 Å². The maximum absolute atomic E-state index is 12.5. The van der Waals surface area contributed by atoms with E-state index in [1.165, 1.54) is 37.7 Å². The molecule has 1 saturated heterocycles. The Morgan fingerprint density at radius 2 is 1.88 bits per heavy atom. The predicted molar refractivity (Wildman–Crippen MR) is 96.1 cm³/mol. The molecule has 1 aromatic rings. The van der Waals surface area contributed by atoms with Crippen LogP contribution in [-0.2, 0) is 4.79 Å². The van der Waals surface area contributed by atoms with Crippen LogP contribution in [0.4, 0.5) is 0 Å². The highest BCUT2D eigenvalue weighted by atomic mass is 16.5. The van der Waals surface area contributed by atoms with Gasteiger partial charge in [0.2, 0.25) is 5.91 Å². The second kappa shape index (κ2) is 8.52. The van der Waals surface area contributed by atoms with Gasteiger partial charge in [-0.15, -0.1) is 0 Å². The number of benzene rings is 1. The van der Waals surface area contributed by atoms with Crippen molar-refractivity contribution in [1.82, 2.24) is 10.2 Å². The highest BCUT2D eigenvalue weighted by Gasteiger charge is 2.28. The maximum atomic E-state index is 12.5. The summed E-state index contributed by atoms with van der Waals surface area (Å²) in [7, 11) is 1.72. The highest BCUT2D eigenvalue weighted by molar-refractivity contribution is 5.78. The van der Waals surface area contributed by atoms with E-state index in [2.05, 4.69) is 22.3 Å². The summed E-state index contributed by atoms with van der Waals surface area (Å²) >= 11 is 0. The van der Waals surface area contributed by atoms with Gasteiger partial charge in [-0.3, -0.25) is 9.69 Å². The number of para-hydroxylation sites is 1. The van der Waals surface area contributed by atoms with E-state index in [1.54, 1.807) is 7.11 Å². The zero-order chi connectivity index (χ0) is 16.8. The van der Waals surface area contributed by atoms with Crippen LogP contribution in [0.15, 0.2) is 24.3 Å². The molecule has 1 N–H and O–H groups in total. The number of ether oxygens (including phenoxy) is 1. The summed E-state index contributed by atoms with van der Waals surface area (Å²) in [5.74, 6) is 1.38. The third-order valence-electron chi connectivity index (χ3n) is 5.52. The molecule has 132 valence electrons. The summed E-state index contributed by atoms with van der Waals surface area (Å²) in [4.78, 5) is 15.0. The van der Waals surface area contributed by atoms with Crippen molar-refractivity contribution in [2.24, 2.45) is 5.92 Å². The Balaban J connectivity index is 1.69. The van der Waals surface area contributed by atoms with Crippen molar-refractivity contribution >= 4 is 5.91 Å². The third kappa shape index (κ3) is 4.10. The Labute approximate surface area is 145 Å². The number of carbonyl (C=O) groups is 1. The molecule has 3 rings (SSSR count). The zero-order valence-electron chi connectivity index (χ0n) is 14.8. The monoisotopic (exact) mass is 330 g/mol. The Bertz CT molecular complexity index is 534. The molecule has 0 bridgehead atoms. The normalized spacial score (nSPS) is 20.7. The van der Waals surface area contributed by atoms with Crippen LogP contribution in [-0.4, -0.2) is 37.6 Å². The first-order valence-electron chi connectivity index (χ1n) is 9.44. The predicted octanol–water partition coefficient (Wildman–Crippen LogP) is 3.53. The molecule has 24 heavy (non-hydrogen) atoms. The first-order valence-corrected chi connectivity index (χ1v) is 9.44. The molecule has 2 fully saturated rings. The Kier molecular flexibility index (Phi) is 6.13. The number of nitrogens with one attached hydrogen (secondary N) is 1. The summed E-state index contributed by atoms with van der Waals surface area (Å²) in [6, 6.07) is 8.42. The minimum absolute atomic E-state index is 0.205. The molecule has 4 nitrogen and oxygen atoms in total. The smallest absolute Gasteiger partial charge is 0.223 e. The Hall–Kier alpha value is -1.55. The quantitative estimate of drug-likeness (QED) is 0.867. The van der Waals surface area contributed by atoms with Crippen LogP contribution in [0.5, 0.6) is 5.75 Å². The molecule has 2 aliphatic rings. The van der Waals surface area contributed by atoms with Gasteiger partial charge in [0.15, 0.2) is 0 Å². The number of carbonyl (C=O) groups excluding carboxylic acids is 1. The topological polar surface area (TPSA) is 41.6 Å². The molecule has 0 aromatic heterocycles. The van der Waals surface area contributed by atoms with Gasteiger partial charge in [0, 0.05) is 18.0 Å². The lowest BCUT2D eigenvalue weighted by atomic mass is 9.88. The molecular formula is C20H30N2O2. The second-order valence-corrected chi connectivity index (χ2v) is 7.08. The highest BCUT2D eigenvalue weighted by Crippen LogP contribution is 2.31. The minimum Gasteiger partial charge on any atom is -0.496 e. The average Bonchev–Trinajstić information content (AvgIpc) is 3.17. The molecule has 1 aliphatic carbocycles. The largest absolute Gasteiger partial charge is 0.496 e. The number of amides is 1. The van der Waals surface area contributed by atoms with E-state index in [0.717, 1.165) is 31.7 Å². The van der Waals surface area contributed by atoms with E-state index in [-0.39, 0.29) is 17.9 Å². The fourth-order valence-electron chi connectivity index (χ4n) is 4.14. The molecule has 1 unspecified atom stereocenters. The van der Waals surface area contributed by atoms with Gasteiger partial charge >= 0.3 is 0 Å². The van der Waals surface area contributed by atoms with Crippen LogP contribution >= 0.6 is 0 Å². The fraction of sp³-hybridized carbons (Fsp3) is 0.650. The molecule has 1 aliphatic heterocycles. The Morgan fingerprint density at radius 3 is 2.58 bits per heavy atom. The van der Waals surface area contributed by atoms with E-state index in [1.807, 2.05) is 12.1 Å². The van der Waals surface area contributed by atoms with Crippen LogP contribution in [0.2, 0.25) is 0 Å². The fourth-order valence-corrected chi connectivity index (χ4v) is 4.14. The summed E-state index contributed by atoms with van der Waals surface area (Å²) in [6.07, 6.45) is 8.25. The van der Waals surface area contributed by atoms with E-state index in [0.29, 0.717) is 6.54 Å². The van der Waals surface area contributed by atoms with Gasteiger partial charge in [-0.2, -0.15) is 0 Å². The van der Waals surface area contributed by atoms with Gasteiger partial charge in [-0.05, 0) is 44.8 Å². The first kappa shape index (κ1) is 17.3. The van der Waals surface area contributed by atoms with E-state index < -0.39 is 0 Å². The van der Waals surface area contributed by atoms with E-state index in [4.69, 9.17) is 4.74 Å². The molecular weight excluding hydrogens is 300 g/mol. The van der Waals surface area contributed by atoms with Crippen molar-refractivity contribution in [1.29, 1.82) is 0 Å². The van der Waals surface area contributed by atoms with Crippen molar-refractivity contribution in [3.05, 3.63) is 29.8 Å². The van der Waals surface area contributed by atoms with Crippen molar-refractivity contribution in [3.8, 4) is 5.75 Å². The number of hydrogen-bond acceptors (Lipinski definition) is 3. The average molecular weight is 330 g/mol. The third-order valence-corrected chi connectivity index (χ3v) is 5.52. The van der Waals surface area contributed by atoms with Gasteiger partial charge in [0.1, 0.15) is 5.75 Å². The van der Waals surface area contributed by atoms with E-state index >= 15 is 0 Å². The van der Waals surface area contributed by atoms with Crippen LogP contribution in [0.1, 0.15) is 56.6 Å². The number of nitrogens with zero attached hydrogens (tertiary/aromatic N) is 1. The number of hydrogen-bond donors (Lipinski definition) is 1. The molecule has 1 aromatic carbocycles. The number of likely N-dealkylation sites (tertiary alicyclic amines) is 1. The van der Waals surface area contributed by atoms with Crippen molar-refractivity contribution in [2.45, 2.75) is 51.0 Å². The van der Waals surface area contributed by atoms with Crippen molar-refractivity contribution < 1.29 is 9.53 Å². The molecule has 0 spiro atoms. The van der Waals surface area contributed by atoms with Gasteiger partial charge in [-0.1, -0.05) is 37.5 Å². The van der Waals surface area contributed by atoms with Gasteiger partial charge < -0.3 is 10.1 Å². The molecule has 0 radical (unpaired) electrons. The van der Waals surface area contributed by atoms with Crippen LogP contribution in [0.3, 0.4) is 0 Å². The summed E-state index contributed by atoms with van der Waals surface area (Å²) in [5, 5.41) is 3.24. The standard InChI is InChI=1S/C20H30N2O2/c1-24-19-12-6-5-11-17(19)18(22-13-7-8-14-22)15-21-20(23)16-9-3-2-4-10-16/h5-6,11-12,16,18H,2-4,7-10,13-15H2,1H3,(H,21,23). The minimum atomic E-state index is 0.205. The van der Waals surface area contributed by atoms with Crippen LogP contribution in [0.25, 0.3) is 0 Å². The maximum Gasteiger partial charge on any atom is 0.223 e. The van der Waals surface area contributed by atoms with Crippen molar-refractivity contribution in [2.75, 3.05) is 26.7 Å². The molecule has 1 saturated carbocycles. The summed E-state index contributed by atoms with van der Waals surface area (Å²) in [6.45, 7) is 2.87. The summed E-state index contributed by atoms with van der Waals surface area (Å²) < 4.78 is 5.57. The molecule has 1 amide bonds. The van der Waals surface area contributed by atoms with Crippen LogP contribution in [0, 0.1) is 5.92 Å². The molecule has 1 heterocycles. The van der Waals surface area contributed by atoms with Crippen molar-refractivity contribution in [3.63, 3.8) is 0 Å². The lowest BCUT2D eigenvalue weighted by Gasteiger charge is -2.30. The summed E-state index contributed by atoms with van der Waals surface area (Å²) in [5.41, 5.74) is 1.19. The molecule has 1 atom stereocenters. The lowest BCUT2D eigenvalue weighted by Crippen LogP contribution is -2.39. The van der Waals surface area contributed by atoms with E-state index in [9.17, 15) is 4.79 Å². The lowest BCUT2D eigenvalue weighted by molar-refractivity contribution is -0.126. The SMILES string of the molecule is COc1ccccc1C(CNC(=O)C1CCCCC1)N1CCCC1. The Morgan fingerprint density at radius 1 is 1.17 bits per heavy atom. The molecule has 4 heteroatoms. The second-order valence-electron chi connectivity index (χ2n) is 7.08. The zero-order valence-corrected chi connectivity index (χ0v) is 14.8.